The van der Waals surface area contributed by atoms with Gasteiger partial charge in [0.25, 0.3) is 0 Å². The molecule has 0 radical (unpaired) electrons. The van der Waals surface area contributed by atoms with Crippen LogP contribution in [-0.2, 0) is 6.54 Å². The molecule has 2 aromatic rings. The summed E-state index contributed by atoms with van der Waals surface area (Å²) in [5.74, 6) is -0.287. The number of aromatic nitrogens is 2. The van der Waals surface area contributed by atoms with Gasteiger partial charge in [0.2, 0.25) is 5.95 Å². The Morgan fingerprint density at radius 1 is 1.39 bits per heavy atom. The van der Waals surface area contributed by atoms with Gasteiger partial charge in [-0.25, -0.2) is 13.8 Å². The lowest BCUT2D eigenvalue weighted by molar-refractivity contribution is 0.577. The SMILES string of the molecule is C=CCNc1nccn1Cc1cc(F)ccc1F. The molecule has 0 saturated heterocycles. The van der Waals surface area contributed by atoms with Gasteiger partial charge < -0.3 is 9.88 Å². The number of halogens is 2. The van der Waals surface area contributed by atoms with Crippen LogP contribution in [0.25, 0.3) is 0 Å². The Hall–Kier alpha value is -2.17. The fourth-order valence-electron chi connectivity index (χ4n) is 1.62. The third-order valence-electron chi connectivity index (χ3n) is 2.47. The summed E-state index contributed by atoms with van der Waals surface area (Å²) in [4.78, 5) is 4.09. The number of nitrogens with zero attached hydrogens (tertiary/aromatic N) is 2. The fraction of sp³-hybridized carbons (Fsp3) is 0.154. The van der Waals surface area contributed by atoms with Gasteiger partial charge in [-0.05, 0) is 18.2 Å². The molecule has 0 atom stereocenters. The van der Waals surface area contributed by atoms with Crippen LogP contribution in [0.5, 0.6) is 0 Å². The molecule has 1 aromatic carbocycles. The third kappa shape index (κ3) is 2.74. The molecule has 94 valence electrons. The number of benzene rings is 1. The smallest absolute Gasteiger partial charge is 0.203 e. The van der Waals surface area contributed by atoms with Crippen molar-refractivity contribution < 1.29 is 8.78 Å². The van der Waals surface area contributed by atoms with E-state index >= 15 is 0 Å². The number of hydrogen-bond acceptors (Lipinski definition) is 2. The van der Waals surface area contributed by atoms with Gasteiger partial charge in [-0.1, -0.05) is 6.08 Å². The predicted molar refractivity (Wildman–Crippen MR) is 66.4 cm³/mol. The number of hydrogen-bond donors (Lipinski definition) is 1. The van der Waals surface area contributed by atoms with Crippen molar-refractivity contribution in [1.82, 2.24) is 9.55 Å². The van der Waals surface area contributed by atoms with E-state index in [4.69, 9.17) is 0 Å². The van der Waals surface area contributed by atoms with Crippen LogP contribution in [0, 0.1) is 11.6 Å². The van der Waals surface area contributed by atoms with E-state index in [-0.39, 0.29) is 12.1 Å². The Labute approximate surface area is 104 Å². The van der Waals surface area contributed by atoms with E-state index in [1.165, 1.54) is 6.07 Å². The minimum Gasteiger partial charge on any atom is -0.352 e. The Kier molecular flexibility index (Phi) is 3.72. The first kappa shape index (κ1) is 12.3. The zero-order valence-electron chi connectivity index (χ0n) is 9.74. The Bertz CT molecular complexity index is 549. The molecule has 3 nitrogen and oxygen atoms in total. The molecule has 1 heterocycles. The molecule has 1 N–H and O–H groups in total. The maximum Gasteiger partial charge on any atom is 0.203 e. The highest BCUT2D eigenvalue weighted by atomic mass is 19.1. The first-order valence-electron chi connectivity index (χ1n) is 5.50. The monoisotopic (exact) mass is 249 g/mol. The number of nitrogens with one attached hydrogen (secondary N) is 1. The van der Waals surface area contributed by atoms with Crippen molar-refractivity contribution in [3.8, 4) is 0 Å². The van der Waals surface area contributed by atoms with Crippen LogP contribution in [0.4, 0.5) is 14.7 Å². The largest absolute Gasteiger partial charge is 0.352 e. The van der Waals surface area contributed by atoms with E-state index in [0.717, 1.165) is 12.1 Å². The number of anilines is 1. The van der Waals surface area contributed by atoms with Crippen LogP contribution in [0.1, 0.15) is 5.56 Å². The van der Waals surface area contributed by atoms with Gasteiger partial charge in [0, 0.05) is 24.5 Å². The Balaban J connectivity index is 2.20. The zero-order chi connectivity index (χ0) is 13.0. The molecule has 2 rings (SSSR count). The molecule has 5 heteroatoms. The Morgan fingerprint density at radius 2 is 2.22 bits per heavy atom. The average molecular weight is 249 g/mol. The van der Waals surface area contributed by atoms with Gasteiger partial charge in [0.1, 0.15) is 11.6 Å². The van der Waals surface area contributed by atoms with E-state index in [1.54, 1.807) is 23.0 Å². The van der Waals surface area contributed by atoms with Gasteiger partial charge in [-0.15, -0.1) is 6.58 Å². The molecule has 0 aliphatic heterocycles. The van der Waals surface area contributed by atoms with Crippen molar-refractivity contribution in [2.75, 3.05) is 11.9 Å². The van der Waals surface area contributed by atoms with E-state index in [9.17, 15) is 8.78 Å². The molecular weight excluding hydrogens is 236 g/mol. The average Bonchev–Trinajstić information content (AvgIpc) is 2.79. The van der Waals surface area contributed by atoms with Crippen molar-refractivity contribution in [1.29, 1.82) is 0 Å². The first-order chi connectivity index (χ1) is 8.70. The van der Waals surface area contributed by atoms with Crippen LogP contribution < -0.4 is 5.32 Å². The molecule has 0 amide bonds. The van der Waals surface area contributed by atoms with Gasteiger partial charge in [-0.2, -0.15) is 0 Å². The molecule has 0 aliphatic carbocycles. The maximum atomic E-state index is 13.5. The van der Waals surface area contributed by atoms with Crippen molar-refractivity contribution in [3.05, 3.63) is 60.4 Å². The second kappa shape index (κ2) is 5.44. The van der Waals surface area contributed by atoms with E-state index in [2.05, 4.69) is 16.9 Å². The molecule has 0 aliphatic rings. The standard InChI is InChI=1S/C13H13F2N3/c1-2-5-16-13-17-6-7-18(13)9-10-8-11(14)3-4-12(10)15/h2-4,6-8H,1,5,9H2,(H,16,17). The third-order valence-corrected chi connectivity index (χ3v) is 2.47. The summed E-state index contributed by atoms with van der Waals surface area (Å²) >= 11 is 0. The van der Waals surface area contributed by atoms with Crippen molar-refractivity contribution >= 4 is 5.95 Å². The minimum atomic E-state index is -0.452. The molecule has 0 saturated carbocycles. The Morgan fingerprint density at radius 3 is 3.00 bits per heavy atom. The normalized spacial score (nSPS) is 10.3. The summed E-state index contributed by atoms with van der Waals surface area (Å²) in [6.07, 6.45) is 5.00. The highest BCUT2D eigenvalue weighted by Crippen LogP contribution is 2.14. The quantitative estimate of drug-likeness (QED) is 0.826. The zero-order valence-corrected chi connectivity index (χ0v) is 9.74. The van der Waals surface area contributed by atoms with Gasteiger partial charge in [0.15, 0.2) is 0 Å². The van der Waals surface area contributed by atoms with Crippen LogP contribution in [-0.4, -0.2) is 16.1 Å². The summed E-state index contributed by atoms with van der Waals surface area (Å²) in [6, 6.07) is 3.41. The highest BCUT2D eigenvalue weighted by Gasteiger charge is 2.07. The van der Waals surface area contributed by atoms with Crippen molar-refractivity contribution in [2.24, 2.45) is 0 Å². The van der Waals surface area contributed by atoms with Crippen molar-refractivity contribution in [3.63, 3.8) is 0 Å². The summed E-state index contributed by atoms with van der Waals surface area (Å²) in [5, 5.41) is 3.01. The first-order valence-corrected chi connectivity index (χ1v) is 5.50. The molecule has 18 heavy (non-hydrogen) atoms. The lowest BCUT2D eigenvalue weighted by atomic mass is 10.2. The van der Waals surface area contributed by atoms with Crippen LogP contribution >= 0.6 is 0 Å². The van der Waals surface area contributed by atoms with Crippen LogP contribution in [0.2, 0.25) is 0 Å². The molecule has 0 unspecified atom stereocenters. The second-order valence-corrected chi connectivity index (χ2v) is 3.78. The van der Waals surface area contributed by atoms with E-state index in [1.807, 2.05) is 0 Å². The highest BCUT2D eigenvalue weighted by molar-refractivity contribution is 5.29. The van der Waals surface area contributed by atoms with Gasteiger partial charge in [-0.3, -0.25) is 0 Å². The molecule has 0 spiro atoms. The van der Waals surface area contributed by atoms with Gasteiger partial charge in [0.05, 0.1) is 6.54 Å². The predicted octanol–water partition coefficient (Wildman–Crippen LogP) is 2.81. The lowest BCUT2D eigenvalue weighted by Gasteiger charge is -2.09. The summed E-state index contributed by atoms with van der Waals surface area (Å²) < 4.78 is 28.3. The number of imidazole rings is 1. The topological polar surface area (TPSA) is 29.9 Å². The molecule has 0 bridgehead atoms. The minimum absolute atomic E-state index is 0.225. The summed E-state index contributed by atoms with van der Waals surface area (Å²) in [7, 11) is 0. The molecule has 0 fully saturated rings. The number of rotatable bonds is 5. The fourth-order valence-corrected chi connectivity index (χ4v) is 1.62. The maximum absolute atomic E-state index is 13.5. The van der Waals surface area contributed by atoms with Crippen LogP contribution in [0.15, 0.2) is 43.2 Å². The van der Waals surface area contributed by atoms with E-state index in [0.29, 0.717) is 12.5 Å². The summed E-state index contributed by atoms with van der Waals surface area (Å²) in [5.41, 5.74) is 0.287. The molecular formula is C13H13F2N3. The van der Waals surface area contributed by atoms with Gasteiger partial charge >= 0.3 is 0 Å². The lowest BCUT2D eigenvalue weighted by Crippen LogP contribution is -2.09. The van der Waals surface area contributed by atoms with Crippen molar-refractivity contribution in [2.45, 2.75) is 6.54 Å². The molecule has 1 aromatic heterocycles. The van der Waals surface area contributed by atoms with E-state index < -0.39 is 11.6 Å². The second-order valence-electron chi connectivity index (χ2n) is 3.78. The van der Waals surface area contributed by atoms with Crippen LogP contribution in [0.3, 0.4) is 0 Å². The summed E-state index contributed by atoms with van der Waals surface area (Å²) in [6.45, 7) is 4.37.